The molecule has 0 heterocycles. The van der Waals surface area contributed by atoms with Crippen molar-refractivity contribution in [3.63, 3.8) is 0 Å². The van der Waals surface area contributed by atoms with Crippen molar-refractivity contribution in [2.75, 3.05) is 6.61 Å². The Balaban J connectivity index is 1.75. The zero-order valence-corrected chi connectivity index (χ0v) is 15.2. The Bertz CT molecular complexity index is 869. The molecule has 0 saturated heterocycles. The molecule has 2 aromatic carbocycles. The Morgan fingerprint density at radius 3 is 2.54 bits per heavy atom. The third kappa shape index (κ3) is 6.96. The Morgan fingerprint density at radius 2 is 1.82 bits per heavy atom. The first-order valence-electron chi connectivity index (χ1n) is 8.07. The number of ether oxygens (including phenoxy) is 1. The van der Waals surface area contributed by atoms with Crippen molar-refractivity contribution in [3.8, 4) is 0 Å². The highest BCUT2D eigenvalue weighted by molar-refractivity contribution is 6.31. The van der Waals surface area contributed by atoms with E-state index in [1.807, 2.05) is 5.43 Å². The second kappa shape index (κ2) is 9.80. The van der Waals surface area contributed by atoms with Gasteiger partial charge in [-0.2, -0.15) is 13.2 Å². The van der Waals surface area contributed by atoms with Crippen LogP contribution in [-0.4, -0.2) is 18.6 Å². The van der Waals surface area contributed by atoms with E-state index in [0.29, 0.717) is 11.4 Å². The van der Waals surface area contributed by atoms with Gasteiger partial charge in [-0.3, -0.25) is 10.2 Å². The summed E-state index contributed by atoms with van der Waals surface area (Å²) in [6, 6.07) is 11.6. The van der Waals surface area contributed by atoms with E-state index in [-0.39, 0.29) is 12.2 Å². The number of nitrogens with one attached hydrogen (secondary N) is 2. The van der Waals surface area contributed by atoms with Gasteiger partial charge in [-0.05, 0) is 35.4 Å². The number of amides is 2. The third-order valence-corrected chi connectivity index (χ3v) is 3.86. The van der Waals surface area contributed by atoms with E-state index in [9.17, 15) is 22.8 Å². The zero-order chi connectivity index (χ0) is 20.6. The van der Waals surface area contributed by atoms with Gasteiger partial charge in [-0.25, -0.2) is 10.2 Å². The summed E-state index contributed by atoms with van der Waals surface area (Å²) in [5.41, 5.74) is 4.26. The summed E-state index contributed by atoms with van der Waals surface area (Å²) in [6.45, 7) is 0.0471. The van der Waals surface area contributed by atoms with E-state index in [1.54, 1.807) is 24.3 Å². The lowest BCUT2D eigenvalue weighted by Crippen LogP contribution is -2.41. The summed E-state index contributed by atoms with van der Waals surface area (Å²) >= 11 is 5.98. The van der Waals surface area contributed by atoms with Crippen LogP contribution in [0.2, 0.25) is 5.02 Å². The molecule has 2 amide bonds. The molecule has 0 spiro atoms. The first-order chi connectivity index (χ1) is 13.3. The number of hydrazine groups is 1. The van der Waals surface area contributed by atoms with Crippen LogP contribution in [0.1, 0.15) is 16.7 Å². The maximum Gasteiger partial charge on any atom is 0.426 e. The molecule has 9 heteroatoms. The minimum Gasteiger partial charge on any atom is -0.448 e. The highest BCUT2D eigenvalue weighted by Gasteiger charge is 2.30. The van der Waals surface area contributed by atoms with Crippen LogP contribution < -0.4 is 10.9 Å². The quantitative estimate of drug-likeness (QED) is 0.566. The number of halogens is 4. The van der Waals surface area contributed by atoms with Gasteiger partial charge in [-0.15, -0.1) is 0 Å². The van der Waals surface area contributed by atoms with Crippen LogP contribution in [0.3, 0.4) is 0 Å². The van der Waals surface area contributed by atoms with Gasteiger partial charge >= 0.3 is 12.3 Å². The Hall–Kier alpha value is -3.00. The molecule has 0 aliphatic heterocycles. The molecule has 0 bridgehead atoms. The van der Waals surface area contributed by atoms with E-state index in [2.05, 4.69) is 5.43 Å². The number of benzene rings is 2. The number of carbonyl (C=O) groups is 2. The molecule has 0 fully saturated rings. The van der Waals surface area contributed by atoms with Crippen LogP contribution in [0, 0.1) is 0 Å². The molecular formula is C19H16ClF3N2O3. The second-order valence-corrected chi connectivity index (χ2v) is 5.96. The van der Waals surface area contributed by atoms with Gasteiger partial charge in [-0.1, -0.05) is 41.9 Å². The minimum atomic E-state index is -4.47. The van der Waals surface area contributed by atoms with Crippen LogP contribution in [0.15, 0.2) is 54.6 Å². The molecule has 148 valence electrons. The fourth-order valence-corrected chi connectivity index (χ4v) is 2.37. The molecule has 0 atom stereocenters. The Morgan fingerprint density at radius 1 is 1.07 bits per heavy atom. The maximum atomic E-state index is 12.6. The van der Waals surface area contributed by atoms with Crippen molar-refractivity contribution in [1.29, 1.82) is 0 Å². The van der Waals surface area contributed by atoms with E-state index in [1.165, 1.54) is 18.2 Å². The van der Waals surface area contributed by atoms with Crippen molar-refractivity contribution in [2.45, 2.75) is 12.6 Å². The largest absolute Gasteiger partial charge is 0.448 e. The summed E-state index contributed by atoms with van der Waals surface area (Å²) in [7, 11) is 0. The summed E-state index contributed by atoms with van der Waals surface area (Å²) in [4.78, 5) is 23.2. The van der Waals surface area contributed by atoms with Crippen molar-refractivity contribution in [1.82, 2.24) is 10.9 Å². The monoisotopic (exact) mass is 412 g/mol. The molecule has 0 aromatic heterocycles. The smallest absolute Gasteiger partial charge is 0.426 e. The van der Waals surface area contributed by atoms with Gasteiger partial charge in [0.15, 0.2) is 0 Å². The normalized spacial score (nSPS) is 11.3. The molecule has 0 aliphatic carbocycles. The van der Waals surface area contributed by atoms with Crippen LogP contribution in [0.5, 0.6) is 0 Å². The van der Waals surface area contributed by atoms with Gasteiger partial charge < -0.3 is 4.74 Å². The zero-order valence-electron chi connectivity index (χ0n) is 14.4. The van der Waals surface area contributed by atoms with Crippen LogP contribution in [-0.2, 0) is 22.1 Å². The number of alkyl halides is 3. The number of carbonyl (C=O) groups excluding carboxylic acids is 2. The van der Waals surface area contributed by atoms with Gasteiger partial charge in [0.2, 0.25) is 0 Å². The number of hydrogen-bond acceptors (Lipinski definition) is 3. The lowest BCUT2D eigenvalue weighted by atomic mass is 10.1. The van der Waals surface area contributed by atoms with Gasteiger partial charge in [0.05, 0.1) is 12.2 Å². The number of rotatable bonds is 5. The van der Waals surface area contributed by atoms with E-state index >= 15 is 0 Å². The Labute approximate surface area is 164 Å². The Kier molecular flexibility index (Phi) is 7.45. The lowest BCUT2D eigenvalue weighted by Gasteiger charge is -2.08. The fraction of sp³-hybridized carbons (Fsp3) is 0.158. The van der Waals surface area contributed by atoms with E-state index < -0.39 is 23.7 Å². The van der Waals surface area contributed by atoms with Crippen LogP contribution >= 0.6 is 11.6 Å². The van der Waals surface area contributed by atoms with Crippen molar-refractivity contribution < 1.29 is 27.5 Å². The molecule has 0 radical (unpaired) electrons. The minimum absolute atomic E-state index is 0.0471. The summed E-state index contributed by atoms with van der Waals surface area (Å²) in [6.07, 6.45) is -2.78. The van der Waals surface area contributed by atoms with Crippen molar-refractivity contribution in [3.05, 3.63) is 76.3 Å². The molecule has 2 aromatic rings. The summed E-state index contributed by atoms with van der Waals surface area (Å²) in [5, 5.41) is 0.555. The molecule has 0 unspecified atom stereocenters. The SMILES string of the molecule is O=C(/C=C/c1cccc(C(F)(F)F)c1)NNC(=O)OCCc1ccccc1Cl. The highest BCUT2D eigenvalue weighted by atomic mass is 35.5. The molecule has 28 heavy (non-hydrogen) atoms. The standard InChI is InChI=1S/C19H16ClF3N2O3/c20-16-7-2-1-5-14(16)10-11-28-18(27)25-24-17(26)9-8-13-4-3-6-15(12-13)19(21,22)23/h1-9,12H,10-11H2,(H,24,26)(H,25,27)/b9-8+. The van der Waals surface area contributed by atoms with Gasteiger partial charge in [0.25, 0.3) is 5.91 Å². The van der Waals surface area contributed by atoms with E-state index in [0.717, 1.165) is 23.8 Å². The number of hydrogen-bond donors (Lipinski definition) is 2. The molecule has 2 rings (SSSR count). The second-order valence-electron chi connectivity index (χ2n) is 5.55. The fourth-order valence-electron chi connectivity index (χ4n) is 2.14. The predicted molar refractivity (Wildman–Crippen MR) is 98.3 cm³/mol. The lowest BCUT2D eigenvalue weighted by molar-refractivity contribution is -0.137. The van der Waals surface area contributed by atoms with Crippen molar-refractivity contribution >= 4 is 29.7 Å². The van der Waals surface area contributed by atoms with Gasteiger partial charge in [0.1, 0.15) is 0 Å². The molecule has 0 aliphatic rings. The highest BCUT2D eigenvalue weighted by Crippen LogP contribution is 2.29. The van der Waals surface area contributed by atoms with Gasteiger partial charge in [0, 0.05) is 17.5 Å². The predicted octanol–water partition coefficient (Wildman–Crippen LogP) is 4.37. The van der Waals surface area contributed by atoms with E-state index in [4.69, 9.17) is 16.3 Å². The molecule has 5 nitrogen and oxygen atoms in total. The first-order valence-corrected chi connectivity index (χ1v) is 8.45. The van der Waals surface area contributed by atoms with Crippen molar-refractivity contribution in [2.24, 2.45) is 0 Å². The summed E-state index contributed by atoms with van der Waals surface area (Å²) < 4.78 is 42.8. The molecule has 2 N–H and O–H groups in total. The van der Waals surface area contributed by atoms with Crippen LogP contribution in [0.25, 0.3) is 6.08 Å². The summed E-state index contributed by atoms with van der Waals surface area (Å²) in [5.74, 6) is -0.736. The van der Waals surface area contributed by atoms with Crippen LogP contribution in [0.4, 0.5) is 18.0 Å². The average molecular weight is 413 g/mol. The molecule has 0 saturated carbocycles. The first kappa shape index (κ1) is 21.3. The third-order valence-electron chi connectivity index (χ3n) is 3.49. The maximum absolute atomic E-state index is 12.6. The average Bonchev–Trinajstić information content (AvgIpc) is 2.66. The topological polar surface area (TPSA) is 67.4 Å². The molecular weight excluding hydrogens is 397 g/mol.